The molecule has 0 aromatic rings. The third kappa shape index (κ3) is 28.3. The lowest BCUT2D eigenvalue weighted by atomic mass is 10.0. The number of unbranched alkanes of at least 4 members (excludes halogenated alkanes) is 13. The summed E-state index contributed by atoms with van der Waals surface area (Å²) in [7, 11) is 1.32. The van der Waals surface area contributed by atoms with Gasteiger partial charge in [0.25, 0.3) is 7.82 Å². The first kappa shape index (κ1) is 36.5. The summed E-state index contributed by atoms with van der Waals surface area (Å²) in [5, 5.41) is 8.81. The van der Waals surface area contributed by atoms with Gasteiger partial charge in [0.2, 0.25) is 0 Å². The lowest BCUT2D eigenvalue weighted by Crippen LogP contribution is -2.37. The Balaban J connectivity index is 3.92. The summed E-state index contributed by atoms with van der Waals surface area (Å²) in [4.78, 5) is 22.8. The number of likely N-dealkylation sites (N-methyl/N-ethyl adjacent to an activating group) is 1. The van der Waals surface area contributed by atoms with E-state index < -0.39 is 19.9 Å². The predicted octanol–water partition coefficient (Wildman–Crippen LogP) is 5.55. The summed E-state index contributed by atoms with van der Waals surface area (Å²) in [6.45, 7) is 3.15. The van der Waals surface area contributed by atoms with Crippen LogP contribution in [0.4, 0.5) is 0 Å². The van der Waals surface area contributed by atoms with Crippen molar-refractivity contribution in [1.82, 2.24) is 0 Å². The van der Waals surface area contributed by atoms with Crippen molar-refractivity contribution >= 4 is 13.8 Å². The van der Waals surface area contributed by atoms with Gasteiger partial charge in [-0.15, -0.1) is 0 Å². The van der Waals surface area contributed by atoms with Gasteiger partial charge < -0.3 is 33.0 Å². The summed E-state index contributed by atoms with van der Waals surface area (Å²) in [5.41, 5.74) is 0. The molecule has 0 aliphatic carbocycles. The Bertz CT molecular complexity index is 585. The number of carbonyl (C=O) groups is 1. The SMILES string of the molecule is CCCCCCCCCCCCCCCCOCC(COP(=O)([O-])OCC[N+](C)(C)C)OCCC(=O)O. The van der Waals surface area contributed by atoms with E-state index in [4.69, 9.17) is 23.6 Å². The zero-order valence-corrected chi connectivity index (χ0v) is 25.0. The van der Waals surface area contributed by atoms with Gasteiger partial charge in [-0.25, -0.2) is 0 Å². The molecule has 2 atom stereocenters. The second-order valence-corrected chi connectivity index (χ2v) is 12.3. The molecule has 0 saturated heterocycles. The molecule has 0 fully saturated rings. The van der Waals surface area contributed by atoms with E-state index in [1.54, 1.807) is 0 Å². The van der Waals surface area contributed by atoms with Crippen molar-refractivity contribution < 1.29 is 42.4 Å². The minimum Gasteiger partial charge on any atom is -0.756 e. The van der Waals surface area contributed by atoms with Crippen LogP contribution in [0, 0.1) is 0 Å². The van der Waals surface area contributed by atoms with Gasteiger partial charge in [0.05, 0.1) is 47.4 Å². The fourth-order valence-electron chi connectivity index (χ4n) is 3.71. The Kier molecular flexibility index (Phi) is 23.0. The van der Waals surface area contributed by atoms with Crippen LogP contribution in [-0.2, 0) is 27.9 Å². The highest BCUT2D eigenvalue weighted by Crippen LogP contribution is 2.38. The van der Waals surface area contributed by atoms with Crippen LogP contribution in [0.1, 0.15) is 103 Å². The lowest BCUT2D eigenvalue weighted by molar-refractivity contribution is -0.870. The quantitative estimate of drug-likeness (QED) is 0.0762. The highest BCUT2D eigenvalue weighted by atomic mass is 31.2. The topological polar surface area (TPSA) is 114 Å². The van der Waals surface area contributed by atoms with Crippen molar-refractivity contribution in [2.45, 2.75) is 109 Å². The highest BCUT2D eigenvalue weighted by molar-refractivity contribution is 7.45. The van der Waals surface area contributed by atoms with E-state index in [2.05, 4.69) is 6.92 Å². The second kappa shape index (κ2) is 23.4. The first-order valence-corrected chi connectivity index (χ1v) is 15.8. The number of aliphatic carboxylic acids is 1. The maximum absolute atomic E-state index is 12.0. The van der Waals surface area contributed by atoms with Gasteiger partial charge in [0, 0.05) is 6.61 Å². The van der Waals surface area contributed by atoms with Crippen LogP contribution >= 0.6 is 7.82 Å². The Morgan fingerprint density at radius 1 is 0.784 bits per heavy atom. The van der Waals surface area contributed by atoms with Crippen LogP contribution in [0.3, 0.4) is 0 Å². The van der Waals surface area contributed by atoms with Gasteiger partial charge in [0.15, 0.2) is 0 Å². The van der Waals surface area contributed by atoms with E-state index in [1.165, 1.54) is 77.0 Å². The van der Waals surface area contributed by atoms with Crippen molar-refractivity contribution in [3.63, 3.8) is 0 Å². The maximum Gasteiger partial charge on any atom is 0.305 e. The summed E-state index contributed by atoms with van der Waals surface area (Å²) < 4.78 is 33.6. The summed E-state index contributed by atoms with van der Waals surface area (Å²) in [6.07, 6.45) is 17.1. The minimum atomic E-state index is -4.47. The van der Waals surface area contributed by atoms with E-state index in [1.807, 2.05) is 21.1 Å². The maximum atomic E-state index is 12.0. The van der Waals surface area contributed by atoms with Crippen LogP contribution in [-0.4, -0.2) is 82.4 Å². The molecule has 0 bridgehead atoms. The van der Waals surface area contributed by atoms with Crippen LogP contribution in [0.2, 0.25) is 0 Å². The van der Waals surface area contributed by atoms with Crippen molar-refractivity contribution in [3.8, 4) is 0 Å². The molecule has 37 heavy (non-hydrogen) atoms. The molecule has 0 saturated carbocycles. The van der Waals surface area contributed by atoms with Gasteiger partial charge in [-0.2, -0.15) is 0 Å². The Morgan fingerprint density at radius 2 is 1.30 bits per heavy atom. The molecule has 9 nitrogen and oxygen atoms in total. The zero-order chi connectivity index (χ0) is 27.8. The van der Waals surface area contributed by atoms with Crippen LogP contribution < -0.4 is 4.89 Å². The number of hydrogen-bond acceptors (Lipinski definition) is 7. The number of phosphoric ester groups is 1. The Morgan fingerprint density at radius 3 is 1.78 bits per heavy atom. The number of phosphoric acid groups is 1. The number of carboxylic acid groups (broad SMARTS) is 1. The van der Waals surface area contributed by atoms with Crippen molar-refractivity contribution in [3.05, 3.63) is 0 Å². The number of nitrogens with zero attached hydrogens (tertiary/aromatic N) is 1. The molecule has 1 N–H and O–H groups in total. The van der Waals surface area contributed by atoms with Gasteiger partial charge in [-0.05, 0) is 6.42 Å². The molecule has 2 unspecified atom stereocenters. The molecule has 222 valence electrons. The van der Waals surface area contributed by atoms with Crippen LogP contribution in [0.5, 0.6) is 0 Å². The third-order valence-electron chi connectivity index (χ3n) is 6.05. The number of carboxylic acids is 1. The molecule has 0 amide bonds. The molecule has 0 aromatic carbocycles. The van der Waals surface area contributed by atoms with Gasteiger partial charge in [-0.1, -0.05) is 90.4 Å². The molecule has 10 heteroatoms. The number of ether oxygens (including phenoxy) is 2. The molecule has 0 heterocycles. The largest absolute Gasteiger partial charge is 0.756 e. The van der Waals surface area contributed by atoms with E-state index in [0.717, 1.165) is 12.8 Å². The monoisotopic (exact) mass is 553 g/mol. The van der Waals surface area contributed by atoms with Crippen LogP contribution in [0.25, 0.3) is 0 Å². The molecule has 0 radical (unpaired) electrons. The fourth-order valence-corrected chi connectivity index (χ4v) is 4.44. The number of quaternary nitrogens is 1. The average molecular weight is 554 g/mol. The van der Waals surface area contributed by atoms with E-state index >= 15 is 0 Å². The van der Waals surface area contributed by atoms with Crippen molar-refractivity contribution in [1.29, 1.82) is 0 Å². The van der Waals surface area contributed by atoms with E-state index in [9.17, 15) is 14.3 Å². The minimum absolute atomic E-state index is 0.0183. The first-order valence-electron chi connectivity index (χ1n) is 14.4. The van der Waals surface area contributed by atoms with E-state index in [0.29, 0.717) is 17.6 Å². The Labute approximate surface area is 226 Å². The third-order valence-corrected chi connectivity index (χ3v) is 7.01. The summed E-state index contributed by atoms with van der Waals surface area (Å²) in [5.74, 6) is -0.985. The van der Waals surface area contributed by atoms with Crippen molar-refractivity contribution in [2.24, 2.45) is 0 Å². The van der Waals surface area contributed by atoms with Crippen LogP contribution in [0.15, 0.2) is 0 Å². The number of rotatable bonds is 28. The standard InChI is InChI=1S/C27H56NO8P/c1-5-6-7-8-9-10-11-12-13-14-15-16-17-18-21-33-24-26(34-22-19-27(29)30)25-36-37(31,32)35-23-20-28(2,3)4/h26H,5-25H2,1-4H3,(H-,29,30,31,32). The highest BCUT2D eigenvalue weighted by Gasteiger charge is 2.18. The average Bonchev–Trinajstić information content (AvgIpc) is 2.80. The number of hydrogen-bond donors (Lipinski definition) is 1. The molecule has 0 aliphatic heterocycles. The fraction of sp³-hybridized carbons (Fsp3) is 0.963. The molecule has 0 spiro atoms. The normalized spacial score (nSPS) is 14.5. The predicted molar refractivity (Wildman–Crippen MR) is 146 cm³/mol. The molecule has 0 aromatic heterocycles. The van der Waals surface area contributed by atoms with Gasteiger partial charge in [-0.3, -0.25) is 9.36 Å². The molecule has 0 rings (SSSR count). The van der Waals surface area contributed by atoms with Gasteiger partial charge >= 0.3 is 5.97 Å². The first-order chi connectivity index (χ1) is 17.6. The van der Waals surface area contributed by atoms with Crippen molar-refractivity contribution in [2.75, 3.05) is 60.7 Å². The lowest BCUT2D eigenvalue weighted by Gasteiger charge is -2.28. The molecular formula is C27H56NO8P. The summed E-state index contributed by atoms with van der Waals surface area (Å²) >= 11 is 0. The van der Waals surface area contributed by atoms with E-state index in [-0.39, 0.29) is 32.8 Å². The summed E-state index contributed by atoms with van der Waals surface area (Å²) in [6, 6.07) is 0. The van der Waals surface area contributed by atoms with Gasteiger partial charge in [0.1, 0.15) is 19.3 Å². The zero-order valence-electron chi connectivity index (χ0n) is 24.1. The molecule has 0 aliphatic rings. The molecular weight excluding hydrogens is 497 g/mol. The smallest absolute Gasteiger partial charge is 0.305 e. The second-order valence-electron chi connectivity index (χ2n) is 10.9. The Hall–Kier alpha value is -0.540.